The summed E-state index contributed by atoms with van der Waals surface area (Å²) >= 11 is 0. The zero-order chi connectivity index (χ0) is 18.2. The maximum absolute atomic E-state index is 12.8. The molecule has 0 radical (unpaired) electrons. The highest BCUT2D eigenvalue weighted by Gasteiger charge is 2.49. The van der Waals surface area contributed by atoms with Gasteiger partial charge in [-0.25, -0.2) is 8.42 Å². The third-order valence-electron chi connectivity index (χ3n) is 4.73. The highest BCUT2D eigenvalue weighted by Crippen LogP contribution is 2.32. The number of hydrogen-bond acceptors (Lipinski definition) is 5. The fourth-order valence-electron chi connectivity index (χ4n) is 3.83. The van der Waals surface area contributed by atoms with Crippen LogP contribution in [-0.4, -0.2) is 62.5 Å². The third-order valence-corrected chi connectivity index (χ3v) is 6.43. The Morgan fingerprint density at radius 3 is 2.40 bits per heavy atom. The summed E-state index contributed by atoms with van der Waals surface area (Å²) in [6.45, 7) is 7.67. The predicted octanol–water partition coefficient (Wildman–Crippen LogP) is 1.56. The maximum atomic E-state index is 12.8. The molecule has 2 unspecified atom stereocenters. The van der Waals surface area contributed by atoms with Gasteiger partial charge in [-0.15, -0.1) is 0 Å². The Kier molecular flexibility index (Phi) is 5.06. The van der Waals surface area contributed by atoms with Crippen LogP contribution in [0.1, 0.15) is 20.8 Å². The minimum Gasteiger partial charge on any atom is -0.494 e. The molecule has 2 heterocycles. The quantitative estimate of drug-likeness (QED) is 0.791. The van der Waals surface area contributed by atoms with Gasteiger partial charge in [0.05, 0.1) is 30.7 Å². The van der Waals surface area contributed by atoms with Crippen molar-refractivity contribution in [2.45, 2.75) is 32.9 Å². The number of carbonyl (C=O) groups excluding carboxylic acids is 1. The smallest absolute Gasteiger partial charge is 0.241 e. The molecule has 0 aliphatic carbocycles. The van der Waals surface area contributed by atoms with Gasteiger partial charge in [-0.2, -0.15) is 0 Å². The van der Waals surface area contributed by atoms with Crippen molar-refractivity contribution in [3.8, 4) is 5.75 Å². The van der Waals surface area contributed by atoms with Gasteiger partial charge in [0.15, 0.2) is 9.84 Å². The molecule has 0 saturated carbocycles. The minimum absolute atomic E-state index is 0.0329. The first-order valence-electron chi connectivity index (χ1n) is 8.80. The van der Waals surface area contributed by atoms with Gasteiger partial charge in [0, 0.05) is 18.3 Å². The SMILES string of the molecule is CCOc1ccc(N2C(=O)CN(CC(C)C)C3CS(=O)(=O)CC32)cc1. The first-order chi connectivity index (χ1) is 11.8. The van der Waals surface area contributed by atoms with Crippen molar-refractivity contribution < 1.29 is 17.9 Å². The lowest BCUT2D eigenvalue weighted by Crippen LogP contribution is -2.62. The summed E-state index contributed by atoms with van der Waals surface area (Å²) in [4.78, 5) is 16.5. The molecule has 7 heteroatoms. The maximum Gasteiger partial charge on any atom is 0.241 e. The molecular formula is C18H26N2O4S. The summed E-state index contributed by atoms with van der Waals surface area (Å²) in [6.07, 6.45) is 0. The normalized spacial score (nSPS) is 26.1. The lowest BCUT2D eigenvalue weighted by Gasteiger charge is -2.44. The largest absolute Gasteiger partial charge is 0.494 e. The van der Waals surface area contributed by atoms with Crippen molar-refractivity contribution >= 4 is 21.4 Å². The van der Waals surface area contributed by atoms with Gasteiger partial charge in [0.2, 0.25) is 5.91 Å². The van der Waals surface area contributed by atoms with Crippen molar-refractivity contribution in [3.05, 3.63) is 24.3 Å². The average Bonchev–Trinajstić information content (AvgIpc) is 2.84. The number of anilines is 1. The monoisotopic (exact) mass is 366 g/mol. The van der Waals surface area contributed by atoms with Gasteiger partial charge in [-0.3, -0.25) is 9.69 Å². The van der Waals surface area contributed by atoms with E-state index in [4.69, 9.17) is 4.74 Å². The van der Waals surface area contributed by atoms with E-state index in [0.717, 1.165) is 18.0 Å². The Hall–Kier alpha value is -1.60. The van der Waals surface area contributed by atoms with Gasteiger partial charge in [-0.1, -0.05) is 13.8 Å². The molecule has 1 aromatic carbocycles. The molecule has 138 valence electrons. The highest BCUT2D eigenvalue weighted by atomic mass is 32.2. The van der Waals surface area contributed by atoms with Crippen molar-refractivity contribution in [2.75, 3.05) is 36.1 Å². The number of amides is 1. The van der Waals surface area contributed by atoms with E-state index >= 15 is 0 Å². The number of fused-ring (bicyclic) bond motifs is 1. The molecule has 0 spiro atoms. The molecule has 3 rings (SSSR count). The molecule has 1 amide bonds. The second-order valence-electron chi connectivity index (χ2n) is 7.23. The standard InChI is InChI=1S/C18H26N2O4S/c1-4-24-15-7-5-14(6-8-15)20-17-12-25(22,23)11-16(17)19(9-13(2)3)10-18(20)21/h5-8,13,16-17H,4,9-12H2,1-3H3. The second-order valence-corrected chi connectivity index (χ2v) is 9.38. The van der Waals surface area contributed by atoms with E-state index in [1.165, 1.54) is 0 Å². The minimum atomic E-state index is -3.14. The number of benzene rings is 1. The number of rotatable bonds is 5. The second kappa shape index (κ2) is 6.96. The van der Waals surface area contributed by atoms with Crippen LogP contribution in [0, 0.1) is 5.92 Å². The molecule has 1 aromatic rings. The number of nitrogens with zero attached hydrogens (tertiary/aromatic N) is 2. The first kappa shape index (κ1) is 18.2. The Bertz CT molecular complexity index is 730. The molecule has 2 atom stereocenters. The number of ether oxygens (including phenoxy) is 1. The van der Waals surface area contributed by atoms with Crippen LogP contribution in [-0.2, 0) is 14.6 Å². The highest BCUT2D eigenvalue weighted by molar-refractivity contribution is 7.91. The van der Waals surface area contributed by atoms with E-state index in [1.54, 1.807) is 4.90 Å². The summed E-state index contributed by atoms with van der Waals surface area (Å²) in [5.74, 6) is 1.25. The molecule has 2 fully saturated rings. The van der Waals surface area contributed by atoms with Crippen molar-refractivity contribution in [3.63, 3.8) is 0 Å². The van der Waals surface area contributed by atoms with Crippen molar-refractivity contribution in [1.29, 1.82) is 0 Å². The Labute approximate surface area is 149 Å². The summed E-state index contributed by atoms with van der Waals surface area (Å²) in [5.41, 5.74) is 0.741. The third kappa shape index (κ3) is 3.82. The van der Waals surface area contributed by atoms with Crippen LogP contribution in [0.25, 0.3) is 0 Å². The molecule has 0 aromatic heterocycles. The van der Waals surface area contributed by atoms with Crippen LogP contribution in [0.5, 0.6) is 5.75 Å². The van der Waals surface area contributed by atoms with E-state index in [2.05, 4.69) is 13.8 Å². The molecule has 25 heavy (non-hydrogen) atoms. The van der Waals surface area contributed by atoms with Crippen LogP contribution in [0.4, 0.5) is 5.69 Å². The van der Waals surface area contributed by atoms with Crippen LogP contribution in [0.15, 0.2) is 24.3 Å². The topological polar surface area (TPSA) is 66.9 Å². The molecule has 2 saturated heterocycles. The van der Waals surface area contributed by atoms with Crippen LogP contribution < -0.4 is 9.64 Å². The van der Waals surface area contributed by atoms with E-state index in [0.29, 0.717) is 12.5 Å². The average molecular weight is 366 g/mol. The lowest BCUT2D eigenvalue weighted by molar-refractivity contribution is -0.123. The number of hydrogen-bond donors (Lipinski definition) is 0. The molecule has 0 N–H and O–H groups in total. The van der Waals surface area contributed by atoms with Gasteiger partial charge in [-0.05, 0) is 37.1 Å². The summed E-state index contributed by atoms with van der Waals surface area (Å²) in [6, 6.07) is 6.88. The van der Waals surface area contributed by atoms with E-state index in [1.807, 2.05) is 36.1 Å². The van der Waals surface area contributed by atoms with E-state index < -0.39 is 9.84 Å². The molecule has 0 bridgehead atoms. The molecule has 6 nitrogen and oxygen atoms in total. The lowest BCUT2D eigenvalue weighted by atomic mass is 10.0. The Morgan fingerprint density at radius 1 is 1.16 bits per heavy atom. The van der Waals surface area contributed by atoms with Gasteiger partial charge >= 0.3 is 0 Å². The zero-order valence-electron chi connectivity index (χ0n) is 15.0. The van der Waals surface area contributed by atoms with Gasteiger partial charge < -0.3 is 9.64 Å². The predicted molar refractivity (Wildman–Crippen MR) is 97.7 cm³/mol. The summed E-state index contributed by atoms with van der Waals surface area (Å²) < 4.78 is 30.0. The van der Waals surface area contributed by atoms with Crippen molar-refractivity contribution in [2.24, 2.45) is 5.92 Å². The van der Waals surface area contributed by atoms with E-state index in [9.17, 15) is 13.2 Å². The fraction of sp³-hybridized carbons (Fsp3) is 0.611. The van der Waals surface area contributed by atoms with E-state index in [-0.39, 0.29) is 36.0 Å². The fourth-order valence-corrected chi connectivity index (χ4v) is 5.81. The van der Waals surface area contributed by atoms with Crippen molar-refractivity contribution in [1.82, 2.24) is 4.90 Å². The van der Waals surface area contributed by atoms with Gasteiger partial charge in [0.1, 0.15) is 5.75 Å². The summed E-state index contributed by atoms with van der Waals surface area (Å²) in [7, 11) is -3.14. The number of sulfone groups is 1. The Balaban J connectivity index is 1.90. The Morgan fingerprint density at radius 2 is 1.80 bits per heavy atom. The van der Waals surface area contributed by atoms with Gasteiger partial charge in [0.25, 0.3) is 0 Å². The molecular weight excluding hydrogens is 340 g/mol. The number of piperazine rings is 1. The first-order valence-corrected chi connectivity index (χ1v) is 10.6. The van der Waals surface area contributed by atoms with Crippen LogP contribution >= 0.6 is 0 Å². The molecule has 2 aliphatic heterocycles. The molecule has 2 aliphatic rings. The number of carbonyl (C=O) groups is 1. The van der Waals surface area contributed by atoms with Crippen LogP contribution in [0.3, 0.4) is 0 Å². The zero-order valence-corrected chi connectivity index (χ0v) is 15.8. The summed E-state index contributed by atoms with van der Waals surface area (Å²) in [5, 5.41) is 0. The van der Waals surface area contributed by atoms with Crippen LogP contribution in [0.2, 0.25) is 0 Å².